The minimum Gasteiger partial charge on any atom is -0.493 e. The minimum absolute atomic E-state index is 0.155. The lowest BCUT2D eigenvalue weighted by molar-refractivity contribution is 0.0938. The van der Waals surface area contributed by atoms with Crippen molar-refractivity contribution in [3.63, 3.8) is 0 Å². The van der Waals surface area contributed by atoms with Gasteiger partial charge >= 0.3 is 0 Å². The van der Waals surface area contributed by atoms with Gasteiger partial charge in [0.2, 0.25) is 0 Å². The second kappa shape index (κ2) is 5.69. The highest BCUT2D eigenvalue weighted by Crippen LogP contribution is 2.20. The molecular weight excluding hydrogens is 240 g/mol. The molecule has 0 amide bonds. The third-order valence-corrected chi connectivity index (χ3v) is 2.78. The van der Waals surface area contributed by atoms with E-state index in [4.69, 9.17) is 4.74 Å². The monoisotopic (exact) mass is 258 g/mol. The van der Waals surface area contributed by atoms with E-state index < -0.39 is 0 Å². The van der Waals surface area contributed by atoms with E-state index in [1.807, 2.05) is 45.0 Å². The summed E-state index contributed by atoms with van der Waals surface area (Å²) >= 11 is 0. The maximum absolute atomic E-state index is 12.5. The van der Waals surface area contributed by atoms with Crippen LogP contribution in [0.25, 0.3) is 0 Å². The van der Waals surface area contributed by atoms with E-state index in [1.54, 1.807) is 6.07 Å². The first-order valence-electron chi connectivity index (χ1n) is 6.43. The molecule has 0 unspecified atom stereocenters. The second-order valence-corrected chi connectivity index (χ2v) is 4.49. The Bertz CT molecular complexity index is 588. The first kappa shape index (κ1) is 13.3. The van der Waals surface area contributed by atoms with Crippen LogP contribution in [-0.4, -0.2) is 22.3 Å². The van der Waals surface area contributed by atoms with Crippen LogP contribution >= 0.6 is 0 Å². The Morgan fingerprint density at radius 1 is 1.32 bits per heavy atom. The Labute approximate surface area is 113 Å². The molecule has 19 heavy (non-hydrogen) atoms. The number of carbonyl (C=O) groups is 1. The highest BCUT2D eigenvalue weighted by atomic mass is 16.5. The number of hydrogen-bond donors (Lipinski definition) is 0. The SMILES string of the molecule is CCCOc1ccccc1C(=O)n1nc(C)cc1C. The molecular formula is C15H18N2O2. The number of carbonyl (C=O) groups excluding carboxylic acids is 1. The topological polar surface area (TPSA) is 44.1 Å². The number of nitrogens with zero attached hydrogens (tertiary/aromatic N) is 2. The fourth-order valence-electron chi connectivity index (χ4n) is 1.93. The van der Waals surface area contributed by atoms with E-state index in [2.05, 4.69) is 5.10 Å². The van der Waals surface area contributed by atoms with E-state index in [0.29, 0.717) is 17.9 Å². The number of aromatic nitrogens is 2. The van der Waals surface area contributed by atoms with E-state index in [0.717, 1.165) is 17.8 Å². The summed E-state index contributed by atoms with van der Waals surface area (Å²) in [7, 11) is 0. The Morgan fingerprint density at radius 2 is 2.05 bits per heavy atom. The average molecular weight is 258 g/mol. The van der Waals surface area contributed by atoms with Crippen LogP contribution in [0.5, 0.6) is 5.75 Å². The van der Waals surface area contributed by atoms with Gasteiger partial charge in [-0.3, -0.25) is 4.79 Å². The molecule has 1 heterocycles. The zero-order chi connectivity index (χ0) is 13.8. The quantitative estimate of drug-likeness (QED) is 0.846. The molecule has 0 N–H and O–H groups in total. The van der Waals surface area contributed by atoms with Crippen LogP contribution in [0.1, 0.15) is 35.1 Å². The average Bonchev–Trinajstić information content (AvgIpc) is 2.75. The van der Waals surface area contributed by atoms with Crippen molar-refractivity contribution in [3.05, 3.63) is 47.3 Å². The Hall–Kier alpha value is -2.10. The second-order valence-electron chi connectivity index (χ2n) is 4.49. The van der Waals surface area contributed by atoms with Crippen molar-refractivity contribution in [2.75, 3.05) is 6.61 Å². The Morgan fingerprint density at radius 3 is 2.68 bits per heavy atom. The molecule has 100 valence electrons. The van der Waals surface area contributed by atoms with Gasteiger partial charge < -0.3 is 4.74 Å². The van der Waals surface area contributed by atoms with E-state index in [-0.39, 0.29) is 5.91 Å². The van der Waals surface area contributed by atoms with Gasteiger partial charge in [-0.05, 0) is 38.5 Å². The molecule has 2 aromatic rings. The molecule has 0 spiro atoms. The summed E-state index contributed by atoms with van der Waals surface area (Å²) in [5, 5.41) is 4.22. The standard InChI is InChI=1S/C15H18N2O2/c1-4-9-19-14-8-6-5-7-13(14)15(18)17-12(3)10-11(2)16-17/h5-8,10H,4,9H2,1-3H3. The van der Waals surface area contributed by atoms with Gasteiger partial charge in [-0.25, -0.2) is 4.68 Å². The molecule has 1 aromatic carbocycles. The van der Waals surface area contributed by atoms with Gasteiger partial charge in [0.25, 0.3) is 5.91 Å². The van der Waals surface area contributed by atoms with Crippen molar-refractivity contribution in [1.82, 2.24) is 9.78 Å². The van der Waals surface area contributed by atoms with Gasteiger partial charge in [-0.1, -0.05) is 19.1 Å². The first-order valence-corrected chi connectivity index (χ1v) is 6.43. The van der Waals surface area contributed by atoms with Crippen LogP contribution in [0.3, 0.4) is 0 Å². The molecule has 0 atom stereocenters. The zero-order valence-corrected chi connectivity index (χ0v) is 11.5. The van der Waals surface area contributed by atoms with Crippen molar-refractivity contribution >= 4 is 5.91 Å². The fourth-order valence-corrected chi connectivity index (χ4v) is 1.93. The largest absolute Gasteiger partial charge is 0.493 e. The lowest BCUT2D eigenvalue weighted by atomic mass is 10.2. The number of rotatable bonds is 4. The van der Waals surface area contributed by atoms with Crippen molar-refractivity contribution in [1.29, 1.82) is 0 Å². The van der Waals surface area contributed by atoms with E-state index >= 15 is 0 Å². The van der Waals surface area contributed by atoms with Crippen LogP contribution in [0, 0.1) is 13.8 Å². The predicted molar refractivity (Wildman–Crippen MR) is 73.7 cm³/mol. The third-order valence-electron chi connectivity index (χ3n) is 2.78. The summed E-state index contributed by atoms with van der Waals surface area (Å²) in [4.78, 5) is 12.5. The van der Waals surface area contributed by atoms with Crippen LogP contribution in [0.15, 0.2) is 30.3 Å². The Balaban J connectivity index is 2.36. The maximum Gasteiger partial charge on any atom is 0.282 e. The minimum atomic E-state index is -0.155. The molecule has 0 saturated carbocycles. The highest BCUT2D eigenvalue weighted by Gasteiger charge is 2.16. The van der Waals surface area contributed by atoms with E-state index in [1.165, 1.54) is 4.68 Å². The van der Waals surface area contributed by atoms with Crippen molar-refractivity contribution in [2.24, 2.45) is 0 Å². The molecule has 0 bridgehead atoms. The van der Waals surface area contributed by atoms with Crippen LogP contribution in [0.2, 0.25) is 0 Å². The number of hydrogen-bond acceptors (Lipinski definition) is 3. The molecule has 0 aliphatic heterocycles. The lowest BCUT2D eigenvalue weighted by Gasteiger charge is -2.10. The van der Waals surface area contributed by atoms with Gasteiger partial charge in [0.15, 0.2) is 0 Å². The fraction of sp³-hybridized carbons (Fsp3) is 0.333. The van der Waals surface area contributed by atoms with Gasteiger partial charge in [0.05, 0.1) is 17.9 Å². The molecule has 2 rings (SSSR count). The molecule has 0 fully saturated rings. The number of para-hydroxylation sites is 1. The smallest absolute Gasteiger partial charge is 0.282 e. The molecule has 4 heteroatoms. The van der Waals surface area contributed by atoms with Crippen molar-refractivity contribution in [2.45, 2.75) is 27.2 Å². The lowest BCUT2D eigenvalue weighted by Crippen LogP contribution is -2.16. The molecule has 0 aliphatic carbocycles. The normalized spacial score (nSPS) is 10.5. The third kappa shape index (κ3) is 2.84. The molecule has 0 radical (unpaired) electrons. The van der Waals surface area contributed by atoms with Crippen LogP contribution in [-0.2, 0) is 0 Å². The summed E-state index contributed by atoms with van der Waals surface area (Å²) in [6.07, 6.45) is 0.905. The van der Waals surface area contributed by atoms with Crippen molar-refractivity contribution in [3.8, 4) is 5.75 Å². The summed E-state index contributed by atoms with van der Waals surface area (Å²) in [5.74, 6) is 0.458. The summed E-state index contributed by atoms with van der Waals surface area (Å²) in [6.45, 7) is 6.37. The summed E-state index contributed by atoms with van der Waals surface area (Å²) in [6, 6.07) is 9.16. The Kier molecular flexibility index (Phi) is 4.00. The van der Waals surface area contributed by atoms with Gasteiger partial charge in [-0.15, -0.1) is 0 Å². The summed E-state index contributed by atoms with van der Waals surface area (Å²) < 4.78 is 7.03. The van der Waals surface area contributed by atoms with Gasteiger partial charge in [-0.2, -0.15) is 5.10 Å². The summed E-state index contributed by atoms with van der Waals surface area (Å²) in [5.41, 5.74) is 2.20. The zero-order valence-electron chi connectivity index (χ0n) is 11.5. The number of aryl methyl sites for hydroxylation is 2. The van der Waals surface area contributed by atoms with Crippen LogP contribution in [0.4, 0.5) is 0 Å². The van der Waals surface area contributed by atoms with E-state index in [9.17, 15) is 4.79 Å². The van der Waals surface area contributed by atoms with Gasteiger partial charge in [0.1, 0.15) is 5.75 Å². The number of benzene rings is 1. The highest BCUT2D eigenvalue weighted by molar-refractivity contribution is 5.98. The molecule has 1 aromatic heterocycles. The molecule has 0 saturated heterocycles. The van der Waals surface area contributed by atoms with Crippen molar-refractivity contribution < 1.29 is 9.53 Å². The first-order chi connectivity index (χ1) is 9.13. The predicted octanol–water partition coefficient (Wildman–Crippen LogP) is 2.98. The molecule has 0 aliphatic rings. The van der Waals surface area contributed by atoms with Gasteiger partial charge in [0, 0.05) is 5.69 Å². The number of ether oxygens (including phenoxy) is 1. The maximum atomic E-state index is 12.5. The molecule has 4 nitrogen and oxygen atoms in total. The van der Waals surface area contributed by atoms with Crippen LogP contribution < -0.4 is 4.74 Å².